The van der Waals surface area contributed by atoms with Crippen LogP contribution in [0.15, 0.2) is 16.2 Å². The number of aromatic nitrogens is 2. The number of rotatable bonds is 2. The Labute approximate surface area is 87.8 Å². The van der Waals surface area contributed by atoms with Gasteiger partial charge in [-0.1, -0.05) is 0 Å². The number of halogens is 1. The van der Waals surface area contributed by atoms with Crippen LogP contribution >= 0.6 is 22.9 Å². The van der Waals surface area contributed by atoms with Crippen LogP contribution in [-0.2, 0) is 5.88 Å². The smallest absolute Gasteiger partial charge is 0.259 e. The van der Waals surface area contributed by atoms with Gasteiger partial charge in [0.15, 0.2) is 11.2 Å². The minimum absolute atomic E-state index is 0.195. The molecule has 0 atom stereocenters. The minimum atomic E-state index is -0.269. The Morgan fingerprint density at radius 1 is 1.64 bits per heavy atom. The molecule has 0 aliphatic heterocycles. The average molecular weight is 229 g/mol. The van der Waals surface area contributed by atoms with Gasteiger partial charge in [-0.15, -0.1) is 22.9 Å². The van der Waals surface area contributed by atoms with Crippen LogP contribution in [0, 0.1) is 0 Å². The first-order valence-corrected chi connectivity index (χ1v) is 5.19. The molecule has 6 heteroatoms. The van der Waals surface area contributed by atoms with E-state index in [4.69, 9.17) is 11.6 Å². The van der Waals surface area contributed by atoms with Crippen LogP contribution in [0.4, 0.5) is 0 Å². The second-order valence-corrected chi connectivity index (χ2v) is 3.72. The van der Waals surface area contributed by atoms with Gasteiger partial charge in [0.25, 0.3) is 5.56 Å². The van der Waals surface area contributed by atoms with E-state index in [0.717, 1.165) is 0 Å². The summed E-state index contributed by atoms with van der Waals surface area (Å²) in [7, 11) is 0. The zero-order valence-corrected chi connectivity index (χ0v) is 8.51. The first-order valence-electron chi connectivity index (χ1n) is 3.77. The number of fused-ring (bicyclic) bond motifs is 1. The third-order valence-electron chi connectivity index (χ3n) is 1.74. The molecule has 0 bridgehead atoms. The molecule has 0 aliphatic rings. The lowest BCUT2D eigenvalue weighted by atomic mass is 10.4. The maximum Gasteiger partial charge on any atom is 0.259 e. The molecule has 0 aromatic carbocycles. The maximum atomic E-state index is 11.5. The Morgan fingerprint density at radius 3 is 3.07 bits per heavy atom. The number of alkyl halides is 1. The number of aldehydes is 1. The number of thiazole rings is 1. The van der Waals surface area contributed by atoms with Crippen molar-refractivity contribution in [3.63, 3.8) is 0 Å². The first-order chi connectivity index (χ1) is 6.76. The van der Waals surface area contributed by atoms with E-state index >= 15 is 0 Å². The molecule has 0 aliphatic carbocycles. The van der Waals surface area contributed by atoms with Crippen molar-refractivity contribution in [3.8, 4) is 0 Å². The predicted octanol–water partition coefficient (Wildman–Crippen LogP) is 1.31. The number of hydrogen-bond acceptors (Lipinski definition) is 4. The highest BCUT2D eigenvalue weighted by Crippen LogP contribution is 2.11. The Kier molecular flexibility index (Phi) is 2.35. The molecule has 2 rings (SSSR count). The second kappa shape index (κ2) is 3.51. The molecule has 0 saturated carbocycles. The van der Waals surface area contributed by atoms with Gasteiger partial charge in [-0.05, 0) is 0 Å². The molecule has 4 nitrogen and oxygen atoms in total. The molecule has 0 fully saturated rings. The van der Waals surface area contributed by atoms with Crippen molar-refractivity contribution in [2.75, 3.05) is 0 Å². The normalized spacial score (nSPS) is 10.6. The van der Waals surface area contributed by atoms with Crippen LogP contribution in [0.2, 0.25) is 0 Å². The molecule has 2 heterocycles. The standard InChI is InChI=1S/C8H5ClN2O2S/c9-2-5-1-7(13)11-6(3-12)4-14-8(11)10-5/h1,3-4H,2H2. The van der Waals surface area contributed by atoms with Gasteiger partial charge in [-0.25, -0.2) is 9.38 Å². The Morgan fingerprint density at radius 2 is 2.43 bits per heavy atom. The van der Waals surface area contributed by atoms with Crippen molar-refractivity contribution < 1.29 is 4.79 Å². The molecule has 0 amide bonds. The summed E-state index contributed by atoms with van der Waals surface area (Å²) in [6, 6.07) is 1.33. The van der Waals surface area contributed by atoms with Gasteiger partial charge in [0.2, 0.25) is 0 Å². The summed E-state index contributed by atoms with van der Waals surface area (Å²) in [4.78, 5) is 26.7. The molecule has 0 saturated heterocycles. The van der Waals surface area contributed by atoms with Gasteiger partial charge >= 0.3 is 0 Å². The monoisotopic (exact) mass is 228 g/mol. The Hall–Kier alpha value is -1.20. The lowest BCUT2D eigenvalue weighted by molar-refractivity contribution is 0.111. The fraction of sp³-hybridized carbons (Fsp3) is 0.125. The van der Waals surface area contributed by atoms with Crippen molar-refractivity contribution in [1.82, 2.24) is 9.38 Å². The van der Waals surface area contributed by atoms with E-state index in [9.17, 15) is 9.59 Å². The SMILES string of the molecule is O=Cc1csc2nc(CCl)cc(=O)n12. The summed E-state index contributed by atoms with van der Waals surface area (Å²) in [5, 5.41) is 1.59. The highest BCUT2D eigenvalue weighted by molar-refractivity contribution is 7.15. The van der Waals surface area contributed by atoms with Crippen LogP contribution in [0.25, 0.3) is 4.96 Å². The Bertz CT molecular complexity index is 546. The third kappa shape index (κ3) is 1.34. The van der Waals surface area contributed by atoms with Gasteiger partial charge < -0.3 is 0 Å². The molecular weight excluding hydrogens is 224 g/mol. The van der Waals surface area contributed by atoms with Crippen LogP contribution in [0.5, 0.6) is 0 Å². The first kappa shape index (κ1) is 9.36. The van der Waals surface area contributed by atoms with E-state index < -0.39 is 0 Å². The summed E-state index contributed by atoms with van der Waals surface area (Å²) in [5.41, 5.74) is 0.577. The number of hydrogen-bond donors (Lipinski definition) is 0. The molecule has 2 aromatic rings. The molecule has 14 heavy (non-hydrogen) atoms. The molecule has 0 N–H and O–H groups in total. The van der Waals surface area contributed by atoms with Crippen molar-refractivity contribution in [1.29, 1.82) is 0 Å². The fourth-order valence-corrected chi connectivity index (χ4v) is 2.13. The molecule has 72 valence electrons. The van der Waals surface area contributed by atoms with Gasteiger partial charge in [-0.2, -0.15) is 0 Å². The number of carbonyl (C=O) groups is 1. The summed E-state index contributed by atoms with van der Waals surface area (Å²) in [5.74, 6) is 0.195. The molecule has 0 radical (unpaired) electrons. The highest BCUT2D eigenvalue weighted by Gasteiger charge is 2.07. The van der Waals surface area contributed by atoms with Crippen molar-refractivity contribution in [2.24, 2.45) is 0 Å². The van der Waals surface area contributed by atoms with Crippen LogP contribution in [0.3, 0.4) is 0 Å². The van der Waals surface area contributed by atoms with Gasteiger partial charge in [0.1, 0.15) is 5.69 Å². The van der Waals surface area contributed by atoms with E-state index in [-0.39, 0.29) is 11.4 Å². The molecule has 0 unspecified atom stereocenters. The van der Waals surface area contributed by atoms with Crippen LogP contribution in [0.1, 0.15) is 16.2 Å². The van der Waals surface area contributed by atoms with Crippen LogP contribution in [-0.4, -0.2) is 15.7 Å². The van der Waals surface area contributed by atoms with Gasteiger partial charge in [-0.3, -0.25) is 9.59 Å². The fourth-order valence-electron chi connectivity index (χ4n) is 1.14. The summed E-state index contributed by atoms with van der Waals surface area (Å²) in [6.07, 6.45) is 0.632. The van der Waals surface area contributed by atoms with Crippen molar-refractivity contribution in [3.05, 3.63) is 33.2 Å². The van der Waals surface area contributed by atoms with Crippen LogP contribution < -0.4 is 5.56 Å². The second-order valence-electron chi connectivity index (χ2n) is 2.62. The molecule has 0 spiro atoms. The topological polar surface area (TPSA) is 51.4 Å². The average Bonchev–Trinajstić information content (AvgIpc) is 2.61. The lowest BCUT2D eigenvalue weighted by Crippen LogP contribution is -2.15. The summed E-state index contributed by atoms with van der Waals surface area (Å²) >= 11 is 6.81. The predicted molar refractivity (Wildman–Crippen MR) is 54.3 cm³/mol. The van der Waals surface area contributed by atoms with E-state index in [1.807, 2.05) is 0 Å². The summed E-state index contributed by atoms with van der Waals surface area (Å²) < 4.78 is 1.27. The third-order valence-corrected chi connectivity index (χ3v) is 2.86. The largest absolute Gasteiger partial charge is 0.296 e. The van der Waals surface area contributed by atoms with Crippen molar-refractivity contribution >= 4 is 34.2 Å². The van der Waals surface area contributed by atoms with Crippen molar-refractivity contribution in [2.45, 2.75) is 5.88 Å². The van der Waals surface area contributed by atoms with E-state index in [2.05, 4.69) is 4.98 Å². The minimum Gasteiger partial charge on any atom is -0.296 e. The number of carbonyl (C=O) groups excluding carboxylic acids is 1. The lowest BCUT2D eigenvalue weighted by Gasteiger charge is -1.96. The van der Waals surface area contributed by atoms with E-state index in [1.165, 1.54) is 21.8 Å². The quantitative estimate of drug-likeness (QED) is 0.575. The zero-order valence-electron chi connectivity index (χ0n) is 6.94. The molecule has 2 aromatic heterocycles. The van der Waals surface area contributed by atoms with E-state index in [1.54, 1.807) is 5.38 Å². The van der Waals surface area contributed by atoms with E-state index in [0.29, 0.717) is 22.6 Å². The van der Waals surface area contributed by atoms with Gasteiger partial charge in [0.05, 0.1) is 11.6 Å². The Balaban J connectivity index is 2.86. The highest BCUT2D eigenvalue weighted by atomic mass is 35.5. The number of nitrogens with zero attached hydrogens (tertiary/aromatic N) is 2. The van der Waals surface area contributed by atoms with Gasteiger partial charge in [0, 0.05) is 11.4 Å². The zero-order chi connectivity index (χ0) is 10.1. The summed E-state index contributed by atoms with van der Waals surface area (Å²) in [6.45, 7) is 0. The maximum absolute atomic E-state index is 11.5. The molecular formula is C8H5ClN2O2S.